The minimum absolute atomic E-state index is 0.0860. The Morgan fingerprint density at radius 1 is 1.08 bits per heavy atom. The highest BCUT2D eigenvalue weighted by Crippen LogP contribution is 2.19. The zero-order valence-corrected chi connectivity index (χ0v) is 12.4. The fourth-order valence-electron chi connectivity index (χ4n) is 1.88. The molecular weight excluding hydrogens is 333 g/mol. The number of amides is 1. The second-order valence-electron chi connectivity index (χ2n) is 4.88. The van der Waals surface area contributed by atoms with Crippen molar-refractivity contribution in [3.63, 3.8) is 0 Å². The molecule has 0 fully saturated rings. The summed E-state index contributed by atoms with van der Waals surface area (Å²) in [6, 6.07) is 5.22. The van der Waals surface area contributed by atoms with Crippen molar-refractivity contribution in [1.82, 2.24) is 5.32 Å². The zero-order valence-electron chi connectivity index (χ0n) is 12.4. The smallest absolute Gasteiger partial charge is 0.261 e. The van der Waals surface area contributed by atoms with Gasteiger partial charge in [0.05, 0.1) is 0 Å². The van der Waals surface area contributed by atoms with Gasteiger partial charge >= 0.3 is 0 Å². The van der Waals surface area contributed by atoms with E-state index in [9.17, 15) is 26.7 Å². The second kappa shape index (κ2) is 7.29. The highest BCUT2D eigenvalue weighted by atomic mass is 19.2. The number of benzene rings is 2. The van der Waals surface area contributed by atoms with Crippen LogP contribution in [-0.4, -0.2) is 12.0 Å². The molecule has 1 unspecified atom stereocenters. The number of rotatable bonds is 5. The molecule has 0 saturated carbocycles. The average molecular weight is 345 g/mol. The maximum atomic E-state index is 13.5. The molecule has 1 N–H and O–H groups in total. The number of hydrogen-bond donors (Lipinski definition) is 1. The van der Waals surface area contributed by atoms with Gasteiger partial charge < -0.3 is 10.1 Å². The lowest BCUT2D eigenvalue weighted by atomic mass is 10.1. The highest BCUT2D eigenvalue weighted by molar-refractivity contribution is 5.80. The molecular formula is C16H12F5NO2. The van der Waals surface area contributed by atoms with Gasteiger partial charge in [-0.05, 0) is 19.1 Å². The summed E-state index contributed by atoms with van der Waals surface area (Å²) in [7, 11) is 0. The van der Waals surface area contributed by atoms with Gasteiger partial charge in [0.15, 0.2) is 23.6 Å². The van der Waals surface area contributed by atoms with E-state index in [1.165, 1.54) is 25.1 Å². The topological polar surface area (TPSA) is 38.3 Å². The molecule has 2 aromatic carbocycles. The molecule has 0 spiro atoms. The van der Waals surface area contributed by atoms with Gasteiger partial charge in [-0.15, -0.1) is 0 Å². The Morgan fingerprint density at radius 3 is 2.46 bits per heavy atom. The minimum atomic E-state index is -1.83. The van der Waals surface area contributed by atoms with Crippen LogP contribution >= 0.6 is 0 Å². The molecule has 24 heavy (non-hydrogen) atoms. The van der Waals surface area contributed by atoms with E-state index in [1.54, 1.807) is 0 Å². The Hall–Kier alpha value is -2.64. The summed E-state index contributed by atoms with van der Waals surface area (Å²) in [6.45, 7) is 0.628. The molecule has 1 atom stereocenters. The van der Waals surface area contributed by atoms with Crippen LogP contribution in [0.25, 0.3) is 0 Å². The maximum Gasteiger partial charge on any atom is 0.261 e. The normalized spacial score (nSPS) is 11.9. The van der Waals surface area contributed by atoms with Gasteiger partial charge in [0.25, 0.3) is 5.91 Å². The Balaban J connectivity index is 2.02. The molecule has 0 saturated heterocycles. The van der Waals surface area contributed by atoms with Crippen LogP contribution in [0.4, 0.5) is 22.0 Å². The first-order valence-electron chi connectivity index (χ1n) is 6.81. The third kappa shape index (κ3) is 4.01. The fraction of sp³-hybridized carbons (Fsp3) is 0.188. The molecule has 1 amide bonds. The number of carbonyl (C=O) groups is 1. The second-order valence-corrected chi connectivity index (χ2v) is 4.88. The zero-order chi connectivity index (χ0) is 17.9. The lowest BCUT2D eigenvalue weighted by Crippen LogP contribution is -2.36. The third-order valence-electron chi connectivity index (χ3n) is 3.13. The molecule has 0 aliphatic heterocycles. The van der Waals surface area contributed by atoms with Crippen molar-refractivity contribution >= 4 is 5.91 Å². The lowest BCUT2D eigenvalue weighted by molar-refractivity contribution is -0.127. The Labute approximate surface area is 134 Å². The first kappa shape index (κ1) is 17.7. The summed E-state index contributed by atoms with van der Waals surface area (Å²) < 4.78 is 71.1. The van der Waals surface area contributed by atoms with Crippen molar-refractivity contribution < 1.29 is 31.5 Å². The van der Waals surface area contributed by atoms with Crippen molar-refractivity contribution in [2.45, 2.75) is 19.6 Å². The van der Waals surface area contributed by atoms with Gasteiger partial charge in [-0.25, -0.2) is 22.0 Å². The van der Waals surface area contributed by atoms with E-state index in [0.717, 1.165) is 6.07 Å². The number of nitrogens with one attached hydrogen (secondary N) is 1. The van der Waals surface area contributed by atoms with Gasteiger partial charge in [-0.2, -0.15) is 0 Å². The summed E-state index contributed by atoms with van der Waals surface area (Å²) in [5, 5.41) is 2.14. The largest absolute Gasteiger partial charge is 0.481 e. The first-order valence-corrected chi connectivity index (χ1v) is 6.81. The predicted molar refractivity (Wildman–Crippen MR) is 74.6 cm³/mol. The maximum absolute atomic E-state index is 13.5. The van der Waals surface area contributed by atoms with Crippen LogP contribution in [0, 0.1) is 29.1 Å². The van der Waals surface area contributed by atoms with Crippen LogP contribution in [0.2, 0.25) is 0 Å². The van der Waals surface area contributed by atoms with Crippen molar-refractivity contribution in [2.75, 3.05) is 0 Å². The van der Waals surface area contributed by atoms with Crippen LogP contribution in [0.5, 0.6) is 5.75 Å². The van der Waals surface area contributed by atoms with E-state index in [0.29, 0.717) is 0 Å². The van der Waals surface area contributed by atoms with Crippen molar-refractivity contribution in [2.24, 2.45) is 0 Å². The SMILES string of the molecule is CC(Oc1cccc(F)c1)C(=O)NCc1c(F)cc(F)c(F)c1F. The molecule has 3 nitrogen and oxygen atoms in total. The summed E-state index contributed by atoms with van der Waals surface area (Å²) >= 11 is 0. The van der Waals surface area contributed by atoms with Gasteiger partial charge in [0.1, 0.15) is 17.4 Å². The van der Waals surface area contributed by atoms with Gasteiger partial charge in [0.2, 0.25) is 0 Å². The summed E-state index contributed by atoms with van der Waals surface area (Å²) in [5.74, 6) is -7.79. The van der Waals surface area contributed by atoms with E-state index in [1.807, 2.05) is 0 Å². The van der Waals surface area contributed by atoms with Crippen LogP contribution in [0.1, 0.15) is 12.5 Å². The third-order valence-corrected chi connectivity index (χ3v) is 3.13. The number of ether oxygens (including phenoxy) is 1. The number of hydrogen-bond acceptors (Lipinski definition) is 2. The molecule has 0 aliphatic rings. The van der Waals surface area contributed by atoms with Crippen LogP contribution in [-0.2, 0) is 11.3 Å². The molecule has 0 radical (unpaired) electrons. The molecule has 2 rings (SSSR count). The van der Waals surface area contributed by atoms with Crippen molar-refractivity contribution in [1.29, 1.82) is 0 Å². The van der Waals surface area contributed by atoms with E-state index in [-0.39, 0.29) is 11.8 Å². The number of halogens is 5. The lowest BCUT2D eigenvalue weighted by Gasteiger charge is -2.15. The van der Waals surface area contributed by atoms with E-state index in [2.05, 4.69) is 5.32 Å². The predicted octanol–water partition coefficient (Wildman–Crippen LogP) is 3.47. The molecule has 0 heterocycles. The molecule has 8 heteroatoms. The van der Waals surface area contributed by atoms with Crippen molar-refractivity contribution in [3.8, 4) is 5.75 Å². The van der Waals surface area contributed by atoms with Crippen LogP contribution < -0.4 is 10.1 Å². The molecule has 0 bridgehead atoms. The Morgan fingerprint density at radius 2 is 1.79 bits per heavy atom. The highest BCUT2D eigenvalue weighted by Gasteiger charge is 2.21. The van der Waals surface area contributed by atoms with Crippen LogP contribution in [0.3, 0.4) is 0 Å². The first-order chi connectivity index (χ1) is 11.3. The van der Waals surface area contributed by atoms with E-state index in [4.69, 9.17) is 4.74 Å². The molecule has 0 aromatic heterocycles. The summed E-state index contributed by atoms with van der Waals surface area (Å²) in [6.07, 6.45) is -1.11. The Kier molecular flexibility index (Phi) is 5.38. The van der Waals surface area contributed by atoms with Crippen LogP contribution in [0.15, 0.2) is 30.3 Å². The van der Waals surface area contributed by atoms with Crippen molar-refractivity contribution in [3.05, 3.63) is 65.0 Å². The quantitative estimate of drug-likeness (QED) is 0.512. The molecule has 128 valence electrons. The molecule has 0 aliphatic carbocycles. The standard InChI is InChI=1S/C16H12F5NO2/c1-8(24-10-4-2-3-9(17)5-10)16(23)22-7-11-12(18)6-13(19)15(21)14(11)20/h2-6,8H,7H2,1H3,(H,22,23). The van der Waals surface area contributed by atoms with Gasteiger partial charge in [-0.3, -0.25) is 4.79 Å². The van der Waals surface area contributed by atoms with Gasteiger partial charge in [0, 0.05) is 24.2 Å². The summed E-state index contributed by atoms with van der Waals surface area (Å²) in [5.41, 5.74) is -0.819. The Bertz CT molecular complexity index is 766. The van der Waals surface area contributed by atoms with E-state index < -0.39 is 53.2 Å². The molecule has 2 aromatic rings. The van der Waals surface area contributed by atoms with Gasteiger partial charge in [-0.1, -0.05) is 6.07 Å². The monoisotopic (exact) mass is 345 g/mol. The fourth-order valence-corrected chi connectivity index (χ4v) is 1.88. The minimum Gasteiger partial charge on any atom is -0.481 e. The average Bonchev–Trinajstić information content (AvgIpc) is 2.52. The number of carbonyl (C=O) groups excluding carboxylic acids is 1. The summed E-state index contributed by atoms with van der Waals surface area (Å²) in [4.78, 5) is 11.8. The van der Waals surface area contributed by atoms with E-state index >= 15 is 0 Å².